The van der Waals surface area contributed by atoms with Gasteiger partial charge < -0.3 is 4.57 Å². The van der Waals surface area contributed by atoms with Crippen LogP contribution in [0.25, 0.3) is 12.2 Å². The van der Waals surface area contributed by atoms with Crippen molar-refractivity contribution in [1.82, 2.24) is 14.5 Å². The second kappa shape index (κ2) is 19.4. The zero-order chi connectivity index (χ0) is 30.7. The topological polar surface area (TPSA) is 21.1 Å². The van der Waals surface area contributed by atoms with Gasteiger partial charge in [0.1, 0.15) is 11.6 Å². The maximum atomic E-state index is 15.0. The molecule has 0 spiro atoms. The molecule has 1 heterocycles. The third kappa shape index (κ3) is 11.8. The summed E-state index contributed by atoms with van der Waals surface area (Å²) >= 11 is 0. The maximum Gasteiger partial charge on any atom is 0.127 e. The highest BCUT2D eigenvalue weighted by Gasteiger charge is 2.16. The van der Waals surface area contributed by atoms with Gasteiger partial charge in [-0.15, -0.1) is 0 Å². The molecular formula is C43H56FN3. The summed E-state index contributed by atoms with van der Waals surface area (Å²) in [4.78, 5) is 7.20. The lowest BCUT2D eigenvalue weighted by Crippen LogP contribution is -2.25. The van der Waals surface area contributed by atoms with Crippen molar-refractivity contribution in [2.24, 2.45) is 0 Å². The first-order valence-electron chi connectivity index (χ1n) is 15.8. The summed E-state index contributed by atoms with van der Waals surface area (Å²) in [5.74, 6) is 0.824. The molecule has 0 atom stereocenters. The van der Waals surface area contributed by atoms with Crippen molar-refractivity contribution >= 4 is 12.2 Å². The largest absolute Gasteiger partial charge is 0.329 e. The highest BCUT2D eigenvalue weighted by atomic mass is 19.1. The quantitative estimate of drug-likeness (QED) is 0.146. The molecular weight excluding hydrogens is 577 g/mol. The predicted molar refractivity (Wildman–Crippen MR) is 203 cm³/mol. The van der Waals surface area contributed by atoms with Gasteiger partial charge in [-0.1, -0.05) is 139 Å². The molecule has 1 aliphatic rings. The van der Waals surface area contributed by atoms with Crippen LogP contribution in [-0.2, 0) is 26.2 Å². The van der Waals surface area contributed by atoms with Crippen molar-refractivity contribution in [3.8, 4) is 0 Å². The average Bonchev–Trinajstić information content (AvgIpc) is 3.37. The molecule has 0 bridgehead atoms. The van der Waals surface area contributed by atoms with E-state index in [4.69, 9.17) is 4.98 Å². The molecule has 0 radical (unpaired) electrons. The Bertz CT molecular complexity index is 1640. The van der Waals surface area contributed by atoms with Crippen LogP contribution in [0.5, 0.6) is 0 Å². The molecule has 1 aromatic heterocycles. The monoisotopic (exact) mass is 633 g/mol. The Hall–Kier alpha value is -4.28. The van der Waals surface area contributed by atoms with Crippen LogP contribution in [0.3, 0.4) is 0 Å². The van der Waals surface area contributed by atoms with Crippen LogP contribution in [-0.4, -0.2) is 14.5 Å². The molecule has 0 saturated heterocycles. The molecule has 0 saturated carbocycles. The van der Waals surface area contributed by atoms with Gasteiger partial charge >= 0.3 is 0 Å². The van der Waals surface area contributed by atoms with Gasteiger partial charge in [-0.2, -0.15) is 0 Å². The summed E-state index contributed by atoms with van der Waals surface area (Å²) < 4.78 is 17.2. The fourth-order valence-electron chi connectivity index (χ4n) is 5.51. The van der Waals surface area contributed by atoms with Gasteiger partial charge in [0.25, 0.3) is 0 Å². The van der Waals surface area contributed by atoms with E-state index in [0.29, 0.717) is 25.2 Å². The molecule has 4 aromatic rings. The highest BCUT2D eigenvalue weighted by molar-refractivity contribution is 5.55. The molecule has 1 aliphatic carbocycles. The van der Waals surface area contributed by atoms with E-state index in [2.05, 4.69) is 114 Å². The Labute approximate surface area is 284 Å². The fraction of sp³-hybridized carbons (Fsp3) is 0.326. The molecule has 0 amide bonds. The molecule has 0 fully saturated rings. The number of rotatable bonds is 13. The van der Waals surface area contributed by atoms with E-state index < -0.39 is 0 Å². The van der Waals surface area contributed by atoms with Crippen molar-refractivity contribution in [2.75, 3.05) is 0 Å². The predicted octanol–water partition coefficient (Wildman–Crippen LogP) is 11.9. The van der Waals surface area contributed by atoms with Gasteiger partial charge in [-0.05, 0) is 72.6 Å². The van der Waals surface area contributed by atoms with E-state index in [1.54, 1.807) is 6.07 Å². The first-order chi connectivity index (χ1) is 21.4. The third-order valence-corrected chi connectivity index (χ3v) is 7.92. The van der Waals surface area contributed by atoms with Crippen LogP contribution in [0.2, 0.25) is 0 Å². The summed E-state index contributed by atoms with van der Waals surface area (Å²) in [6.07, 6.45) is 22.1. The number of aromatic nitrogens is 2. The normalized spacial score (nSPS) is 12.6. The zero-order valence-electron chi connectivity index (χ0n) is 26.3. The number of nitrogens with zero attached hydrogens (tertiary/aromatic N) is 3. The Morgan fingerprint density at radius 3 is 2.17 bits per heavy atom. The van der Waals surface area contributed by atoms with E-state index in [1.165, 1.54) is 27.8 Å². The van der Waals surface area contributed by atoms with Crippen LogP contribution < -0.4 is 0 Å². The molecule has 47 heavy (non-hydrogen) atoms. The Morgan fingerprint density at radius 2 is 1.51 bits per heavy atom. The van der Waals surface area contributed by atoms with Crippen molar-refractivity contribution in [3.05, 3.63) is 160 Å². The van der Waals surface area contributed by atoms with Gasteiger partial charge in [0.2, 0.25) is 0 Å². The number of hydrogen-bond donors (Lipinski definition) is 0. The van der Waals surface area contributed by atoms with Crippen molar-refractivity contribution in [3.63, 3.8) is 0 Å². The Morgan fingerprint density at radius 1 is 0.809 bits per heavy atom. The lowest BCUT2D eigenvalue weighted by molar-refractivity contribution is 0.235. The molecule has 0 aliphatic heterocycles. The summed E-state index contributed by atoms with van der Waals surface area (Å²) in [5, 5.41) is 0. The van der Waals surface area contributed by atoms with Crippen LogP contribution in [0.15, 0.2) is 109 Å². The highest BCUT2D eigenvalue weighted by Crippen LogP contribution is 2.20. The summed E-state index contributed by atoms with van der Waals surface area (Å²) in [6, 6.07) is 23.0. The second-order valence-corrected chi connectivity index (χ2v) is 11.9. The maximum absolute atomic E-state index is 15.0. The number of aryl methyl sites for hydroxylation is 2. The van der Waals surface area contributed by atoms with Gasteiger partial charge in [-0.25, -0.2) is 9.37 Å². The SMILES string of the molecule is C.C.C.CCCC=Cc1ccc(Cn2cc(C)nc2CN(Cc2ccc(/C=C\C3=CCCC=C3)cc2)Cc2ccc(C)cc2F)cc1. The number of imidazole rings is 1. The van der Waals surface area contributed by atoms with E-state index in [-0.39, 0.29) is 28.1 Å². The number of benzene rings is 3. The number of allylic oxidation sites excluding steroid dienone is 6. The van der Waals surface area contributed by atoms with E-state index in [1.807, 2.05) is 26.0 Å². The standard InChI is InChI=1S/C40H44FN3.3CH4/c1-4-5-7-10-34-16-22-37(23-17-34)28-44-26-32(3)42-40(44)30-43(29-38-24-13-31(2)25-39(38)41)27-36-20-18-35(19-21-36)15-14-33-11-8-6-9-12-33;;;/h7-8,10-26H,4-6,9,27-30H2,1-3H3;3*1H4/b10-7?,15-14-;;;. The Kier molecular flexibility index (Phi) is 16.1. The van der Waals surface area contributed by atoms with Gasteiger partial charge in [-0.3, -0.25) is 4.90 Å². The second-order valence-electron chi connectivity index (χ2n) is 11.9. The summed E-state index contributed by atoms with van der Waals surface area (Å²) in [5.41, 5.74) is 8.69. The molecule has 5 rings (SSSR count). The minimum absolute atomic E-state index is 0. The summed E-state index contributed by atoms with van der Waals surface area (Å²) in [7, 11) is 0. The molecule has 3 nitrogen and oxygen atoms in total. The van der Waals surface area contributed by atoms with Gasteiger partial charge in [0, 0.05) is 31.4 Å². The van der Waals surface area contributed by atoms with Crippen molar-refractivity contribution in [2.45, 2.75) is 94.9 Å². The van der Waals surface area contributed by atoms with Crippen LogP contribution in [0.4, 0.5) is 4.39 Å². The fourth-order valence-corrected chi connectivity index (χ4v) is 5.51. The number of unbranched alkanes of at least 4 members (excludes halogenated alkanes) is 1. The van der Waals surface area contributed by atoms with Crippen molar-refractivity contribution < 1.29 is 4.39 Å². The smallest absolute Gasteiger partial charge is 0.127 e. The molecule has 0 N–H and O–H groups in total. The van der Waals surface area contributed by atoms with Crippen molar-refractivity contribution in [1.29, 1.82) is 0 Å². The van der Waals surface area contributed by atoms with Crippen LogP contribution in [0.1, 0.15) is 99.8 Å². The van der Waals surface area contributed by atoms with Gasteiger partial charge in [0.05, 0.1) is 12.2 Å². The van der Waals surface area contributed by atoms with Gasteiger partial charge in [0.15, 0.2) is 0 Å². The Balaban J connectivity index is 0.00000256. The van der Waals surface area contributed by atoms with Crippen LogP contribution >= 0.6 is 0 Å². The van der Waals surface area contributed by atoms with E-state index in [9.17, 15) is 0 Å². The number of hydrogen-bond acceptors (Lipinski definition) is 2. The van der Waals surface area contributed by atoms with E-state index >= 15 is 4.39 Å². The van der Waals surface area contributed by atoms with E-state index in [0.717, 1.165) is 49.3 Å². The first-order valence-corrected chi connectivity index (χ1v) is 15.8. The minimum atomic E-state index is -0.158. The van der Waals surface area contributed by atoms with Crippen LogP contribution in [0, 0.1) is 19.7 Å². The average molecular weight is 634 g/mol. The lowest BCUT2D eigenvalue weighted by atomic mass is 10.0. The molecule has 250 valence electrons. The number of halogens is 1. The minimum Gasteiger partial charge on any atom is -0.329 e. The zero-order valence-corrected chi connectivity index (χ0v) is 26.3. The molecule has 3 aromatic carbocycles. The first kappa shape index (κ1) is 38.9. The third-order valence-electron chi connectivity index (χ3n) is 7.92. The molecule has 0 unspecified atom stereocenters. The summed E-state index contributed by atoms with van der Waals surface area (Å²) in [6.45, 7) is 8.70. The lowest BCUT2D eigenvalue weighted by Gasteiger charge is -2.23. The molecule has 4 heteroatoms.